The number of aromatic nitrogens is 4. The van der Waals surface area contributed by atoms with Crippen molar-refractivity contribution >= 4 is 39.9 Å². The number of imidazole rings is 1. The minimum absolute atomic E-state index is 0.162. The number of carboxylic acids is 1. The van der Waals surface area contributed by atoms with Crippen LogP contribution in [-0.4, -0.2) is 55.9 Å². The predicted molar refractivity (Wildman–Crippen MR) is 137 cm³/mol. The number of alkyl halides is 3. The second-order valence-electron chi connectivity index (χ2n) is 8.77. The summed E-state index contributed by atoms with van der Waals surface area (Å²) in [6.45, 7) is 4.10. The Labute approximate surface area is 219 Å². The number of rotatable bonds is 4. The fourth-order valence-corrected chi connectivity index (χ4v) is 4.73. The molecule has 1 atom stereocenters. The Kier molecular flexibility index (Phi) is 6.81. The van der Waals surface area contributed by atoms with Gasteiger partial charge in [-0.2, -0.15) is 18.2 Å². The van der Waals surface area contributed by atoms with Crippen molar-refractivity contribution in [3.05, 3.63) is 72.6 Å². The average molecular weight is 542 g/mol. The lowest BCUT2D eigenvalue weighted by molar-refractivity contribution is -0.192. The van der Waals surface area contributed by atoms with Gasteiger partial charge >= 0.3 is 12.1 Å². The second kappa shape index (κ2) is 10.2. The number of likely N-dealkylation sites (N-methyl/N-ethyl adjacent to an activating group) is 1. The van der Waals surface area contributed by atoms with Crippen LogP contribution in [0.2, 0.25) is 0 Å². The SMILES string of the molecule is CCN1c2cc(Nc3ncc(F)c(-n4cnc5ccccc54)n3)ccc2C2=CNCCC21.O=C(O)C(F)(F)F. The van der Waals surface area contributed by atoms with Gasteiger partial charge in [0.2, 0.25) is 5.95 Å². The first-order valence-corrected chi connectivity index (χ1v) is 12.0. The third-order valence-corrected chi connectivity index (χ3v) is 6.42. The average Bonchev–Trinajstić information content (AvgIpc) is 3.48. The number of hydrogen-bond donors (Lipinski definition) is 3. The number of aliphatic carboxylic acids is 1. The number of halogens is 4. The van der Waals surface area contributed by atoms with Crippen molar-refractivity contribution in [1.29, 1.82) is 0 Å². The molecule has 202 valence electrons. The maximum absolute atomic E-state index is 14.6. The van der Waals surface area contributed by atoms with Gasteiger partial charge in [-0.15, -0.1) is 0 Å². The Hall–Kier alpha value is -4.68. The molecule has 4 aromatic rings. The number of para-hydroxylation sites is 2. The normalized spacial score (nSPS) is 16.0. The van der Waals surface area contributed by atoms with E-state index in [0.717, 1.165) is 36.2 Å². The van der Waals surface area contributed by atoms with Crippen LogP contribution in [-0.2, 0) is 4.79 Å². The highest BCUT2D eigenvalue weighted by Crippen LogP contribution is 2.43. The molecule has 0 fully saturated rings. The largest absolute Gasteiger partial charge is 0.490 e. The van der Waals surface area contributed by atoms with Gasteiger partial charge in [-0.05, 0) is 43.2 Å². The highest BCUT2D eigenvalue weighted by Gasteiger charge is 2.38. The van der Waals surface area contributed by atoms with E-state index in [9.17, 15) is 17.6 Å². The lowest BCUT2D eigenvalue weighted by Gasteiger charge is -2.29. The minimum atomic E-state index is -5.08. The Morgan fingerprint density at radius 2 is 1.97 bits per heavy atom. The van der Waals surface area contributed by atoms with Crippen LogP contribution < -0.4 is 15.5 Å². The maximum Gasteiger partial charge on any atom is 0.490 e. The molecular formula is C26H23F4N7O2. The molecule has 4 heterocycles. The molecule has 0 saturated carbocycles. The Morgan fingerprint density at radius 1 is 1.21 bits per heavy atom. The van der Waals surface area contributed by atoms with Crippen LogP contribution in [0.1, 0.15) is 18.9 Å². The quantitative estimate of drug-likeness (QED) is 0.314. The number of carboxylic acid groups (broad SMARTS) is 1. The zero-order chi connectivity index (χ0) is 27.7. The molecule has 0 radical (unpaired) electrons. The predicted octanol–water partition coefficient (Wildman–Crippen LogP) is 4.87. The monoisotopic (exact) mass is 541 g/mol. The highest BCUT2D eigenvalue weighted by molar-refractivity contribution is 5.90. The van der Waals surface area contributed by atoms with Crippen LogP contribution in [0.25, 0.3) is 22.4 Å². The first-order chi connectivity index (χ1) is 18.7. The van der Waals surface area contributed by atoms with Gasteiger partial charge in [-0.3, -0.25) is 4.57 Å². The summed E-state index contributed by atoms with van der Waals surface area (Å²) in [4.78, 5) is 24.3. The van der Waals surface area contributed by atoms with Gasteiger partial charge in [0.1, 0.15) is 6.33 Å². The van der Waals surface area contributed by atoms with Crippen molar-refractivity contribution in [3.8, 4) is 5.82 Å². The van der Waals surface area contributed by atoms with Crippen molar-refractivity contribution in [2.45, 2.75) is 25.6 Å². The van der Waals surface area contributed by atoms with Crippen LogP contribution in [0.15, 0.2) is 61.2 Å². The summed E-state index contributed by atoms with van der Waals surface area (Å²) in [5.41, 5.74) is 6.22. The Balaban J connectivity index is 0.000000392. The molecular weight excluding hydrogens is 518 g/mol. The lowest BCUT2D eigenvalue weighted by Crippen LogP contribution is -2.36. The zero-order valence-corrected chi connectivity index (χ0v) is 20.6. The van der Waals surface area contributed by atoms with E-state index >= 15 is 0 Å². The summed E-state index contributed by atoms with van der Waals surface area (Å²) in [5, 5.41) is 13.7. The molecule has 2 aliphatic rings. The van der Waals surface area contributed by atoms with Gasteiger partial charge in [-0.1, -0.05) is 18.2 Å². The lowest BCUT2D eigenvalue weighted by atomic mass is 9.99. The fraction of sp³-hybridized carbons (Fsp3) is 0.231. The van der Waals surface area contributed by atoms with E-state index in [1.807, 2.05) is 30.3 Å². The van der Waals surface area contributed by atoms with E-state index in [4.69, 9.17) is 9.90 Å². The van der Waals surface area contributed by atoms with E-state index in [-0.39, 0.29) is 5.82 Å². The van der Waals surface area contributed by atoms with Crippen molar-refractivity contribution in [2.24, 2.45) is 0 Å². The Morgan fingerprint density at radius 3 is 2.72 bits per heavy atom. The summed E-state index contributed by atoms with van der Waals surface area (Å²) in [7, 11) is 0. The smallest absolute Gasteiger partial charge is 0.475 e. The van der Waals surface area contributed by atoms with Gasteiger partial charge in [0, 0.05) is 36.2 Å². The van der Waals surface area contributed by atoms with Crippen LogP contribution >= 0.6 is 0 Å². The number of carbonyl (C=O) groups is 1. The van der Waals surface area contributed by atoms with Gasteiger partial charge in [0.05, 0.1) is 23.3 Å². The molecule has 13 heteroatoms. The number of hydrogen-bond acceptors (Lipinski definition) is 7. The topological polar surface area (TPSA) is 108 Å². The molecule has 0 saturated heterocycles. The fourth-order valence-electron chi connectivity index (χ4n) is 4.73. The molecule has 2 aliphatic heterocycles. The van der Waals surface area contributed by atoms with E-state index in [1.165, 1.54) is 23.0 Å². The molecule has 9 nitrogen and oxygen atoms in total. The zero-order valence-electron chi connectivity index (χ0n) is 20.6. The molecule has 2 aromatic carbocycles. The summed E-state index contributed by atoms with van der Waals surface area (Å²) in [5.74, 6) is -2.77. The van der Waals surface area contributed by atoms with E-state index in [2.05, 4.69) is 55.7 Å². The summed E-state index contributed by atoms with van der Waals surface area (Å²) in [6.07, 6.45) is 0.912. The van der Waals surface area contributed by atoms with Crippen molar-refractivity contribution in [1.82, 2.24) is 24.8 Å². The number of nitrogens with one attached hydrogen (secondary N) is 2. The Bertz CT molecular complexity index is 1570. The number of benzene rings is 2. The third kappa shape index (κ3) is 5.07. The number of anilines is 3. The molecule has 6 rings (SSSR count). The summed E-state index contributed by atoms with van der Waals surface area (Å²) >= 11 is 0. The number of nitrogens with zero attached hydrogens (tertiary/aromatic N) is 5. The highest BCUT2D eigenvalue weighted by atomic mass is 19.4. The molecule has 1 unspecified atom stereocenters. The van der Waals surface area contributed by atoms with E-state index < -0.39 is 18.0 Å². The standard InChI is InChI=1S/C24H22FN7.C2HF3O2/c1-2-31-20-9-10-26-12-17(20)16-8-7-15(11-22(16)31)29-24-27-13-18(25)23(30-24)32-14-28-19-5-3-4-6-21(19)32;3-2(4,5)1(6)7/h3-8,11-14,20,26H,2,9-10H2,1H3,(H,27,29,30);(H,6,7). The third-order valence-electron chi connectivity index (χ3n) is 6.42. The molecule has 39 heavy (non-hydrogen) atoms. The molecule has 2 aromatic heterocycles. The van der Waals surface area contributed by atoms with Crippen molar-refractivity contribution < 1.29 is 27.5 Å². The first-order valence-electron chi connectivity index (χ1n) is 12.0. The van der Waals surface area contributed by atoms with Crippen LogP contribution in [0.3, 0.4) is 0 Å². The summed E-state index contributed by atoms with van der Waals surface area (Å²) < 4.78 is 48.0. The van der Waals surface area contributed by atoms with E-state index in [1.54, 1.807) is 10.9 Å². The second-order valence-corrected chi connectivity index (χ2v) is 8.77. The van der Waals surface area contributed by atoms with Gasteiger partial charge in [0.15, 0.2) is 11.6 Å². The van der Waals surface area contributed by atoms with Gasteiger partial charge in [-0.25, -0.2) is 19.2 Å². The number of fused-ring (bicyclic) bond motifs is 4. The van der Waals surface area contributed by atoms with Crippen LogP contribution in [0.4, 0.5) is 34.9 Å². The van der Waals surface area contributed by atoms with Gasteiger partial charge < -0.3 is 20.6 Å². The molecule has 0 spiro atoms. The van der Waals surface area contributed by atoms with Crippen molar-refractivity contribution in [2.75, 3.05) is 23.3 Å². The minimum Gasteiger partial charge on any atom is -0.475 e. The molecule has 3 N–H and O–H groups in total. The molecule has 0 aliphatic carbocycles. The van der Waals surface area contributed by atoms with Crippen LogP contribution in [0.5, 0.6) is 0 Å². The van der Waals surface area contributed by atoms with Crippen LogP contribution in [0, 0.1) is 5.82 Å². The summed E-state index contributed by atoms with van der Waals surface area (Å²) in [6, 6.07) is 14.3. The molecule has 0 bridgehead atoms. The molecule has 0 amide bonds. The van der Waals surface area contributed by atoms with Crippen molar-refractivity contribution in [3.63, 3.8) is 0 Å². The van der Waals surface area contributed by atoms with Gasteiger partial charge in [0.25, 0.3) is 0 Å². The maximum atomic E-state index is 14.6. The van der Waals surface area contributed by atoms with E-state index in [0.29, 0.717) is 12.0 Å². The first kappa shape index (κ1) is 25.9.